The Labute approximate surface area is 132 Å². The zero-order valence-electron chi connectivity index (χ0n) is 13.0. The molecule has 0 aliphatic heterocycles. The number of anilines is 1. The second-order valence-corrected chi connectivity index (χ2v) is 5.53. The maximum atomic E-state index is 13.5. The molecule has 1 unspecified atom stereocenters. The summed E-state index contributed by atoms with van der Waals surface area (Å²) in [5.41, 5.74) is -1.09. The van der Waals surface area contributed by atoms with Gasteiger partial charge in [-0.1, -0.05) is 0 Å². The summed E-state index contributed by atoms with van der Waals surface area (Å²) < 4.78 is 31.9. The number of amides is 2. The van der Waals surface area contributed by atoms with E-state index in [1.54, 1.807) is 19.9 Å². The molecule has 1 heterocycles. The van der Waals surface area contributed by atoms with Crippen molar-refractivity contribution >= 4 is 11.7 Å². The highest BCUT2D eigenvalue weighted by atomic mass is 19.1. The smallest absolute Gasteiger partial charge is 0.319 e. The molecule has 1 aromatic heterocycles. The van der Waals surface area contributed by atoms with E-state index < -0.39 is 23.3 Å². The standard InChI is InChI=1S/C16H18F2N2O3/c1-9-6-12(10(2)23-9)16(3,22)8-19-15(21)20-14-7-11(17)4-5-13(14)18/h4-7,22H,8H2,1-3H3,(H2,19,20,21). The first-order valence-electron chi connectivity index (χ1n) is 6.99. The first kappa shape index (κ1) is 17.0. The van der Waals surface area contributed by atoms with Crippen LogP contribution in [0.3, 0.4) is 0 Å². The van der Waals surface area contributed by atoms with Gasteiger partial charge < -0.3 is 20.2 Å². The lowest BCUT2D eigenvalue weighted by Gasteiger charge is -2.23. The van der Waals surface area contributed by atoms with E-state index in [9.17, 15) is 18.7 Å². The van der Waals surface area contributed by atoms with E-state index in [0.29, 0.717) is 17.1 Å². The first-order chi connectivity index (χ1) is 10.7. The van der Waals surface area contributed by atoms with Crippen molar-refractivity contribution in [2.75, 3.05) is 11.9 Å². The fourth-order valence-corrected chi connectivity index (χ4v) is 2.27. The number of carbonyl (C=O) groups is 1. The SMILES string of the molecule is Cc1cc(C(C)(O)CNC(=O)Nc2cc(F)ccc2F)c(C)o1. The number of halogens is 2. The van der Waals surface area contributed by atoms with E-state index in [1.807, 2.05) is 0 Å². The average Bonchev–Trinajstić information content (AvgIpc) is 2.80. The lowest BCUT2D eigenvalue weighted by molar-refractivity contribution is 0.0584. The molecule has 7 heteroatoms. The van der Waals surface area contributed by atoms with Crippen LogP contribution in [-0.2, 0) is 5.60 Å². The van der Waals surface area contributed by atoms with Gasteiger partial charge in [0.15, 0.2) is 0 Å². The summed E-state index contributed by atoms with van der Waals surface area (Å²) in [5, 5.41) is 15.1. The number of aliphatic hydroxyl groups is 1. The lowest BCUT2D eigenvalue weighted by Crippen LogP contribution is -2.40. The second-order valence-electron chi connectivity index (χ2n) is 5.53. The molecular weight excluding hydrogens is 306 g/mol. The Hall–Kier alpha value is -2.41. The maximum Gasteiger partial charge on any atom is 0.319 e. The molecule has 0 spiro atoms. The number of aryl methyl sites for hydroxylation is 2. The predicted molar refractivity (Wildman–Crippen MR) is 81.1 cm³/mol. The van der Waals surface area contributed by atoms with Gasteiger partial charge in [-0.3, -0.25) is 0 Å². The molecule has 1 atom stereocenters. The van der Waals surface area contributed by atoms with Crippen LogP contribution in [0.25, 0.3) is 0 Å². The van der Waals surface area contributed by atoms with Gasteiger partial charge in [0.2, 0.25) is 0 Å². The third-order valence-electron chi connectivity index (χ3n) is 3.39. The number of nitrogens with one attached hydrogen (secondary N) is 2. The summed E-state index contributed by atoms with van der Waals surface area (Å²) in [6.45, 7) is 4.85. The fraction of sp³-hybridized carbons (Fsp3) is 0.312. The van der Waals surface area contributed by atoms with Crippen molar-refractivity contribution in [2.24, 2.45) is 0 Å². The van der Waals surface area contributed by atoms with E-state index in [2.05, 4.69) is 10.6 Å². The molecule has 5 nitrogen and oxygen atoms in total. The third-order valence-corrected chi connectivity index (χ3v) is 3.39. The van der Waals surface area contributed by atoms with Crippen molar-refractivity contribution in [1.29, 1.82) is 0 Å². The zero-order chi connectivity index (χ0) is 17.2. The van der Waals surface area contributed by atoms with Crippen molar-refractivity contribution in [3.63, 3.8) is 0 Å². The number of furan rings is 1. The molecule has 0 radical (unpaired) electrons. The largest absolute Gasteiger partial charge is 0.466 e. The average molecular weight is 324 g/mol. The lowest BCUT2D eigenvalue weighted by atomic mass is 9.96. The molecule has 1 aromatic carbocycles. The van der Waals surface area contributed by atoms with Gasteiger partial charge in [0.05, 0.1) is 12.2 Å². The topological polar surface area (TPSA) is 74.5 Å². The molecule has 124 valence electrons. The molecule has 23 heavy (non-hydrogen) atoms. The quantitative estimate of drug-likeness (QED) is 0.808. The number of rotatable bonds is 4. The van der Waals surface area contributed by atoms with Crippen LogP contribution in [0.4, 0.5) is 19.3 Å². The second kappa shape index (κ2) is 6.37. The molecule has 3 N–H and O–H groups in total. The number of carbonyl (C=O) groups excluding carboxylic acids is 1. The maximum absolute atomic E-state index is 13.5. The molecule has 0 bridgehead atoms. The van der Waals surface area contributed by atoms with Gasteiger partial charge in [-0.15, -0.1) is 0 Å². The normalized spacial score (nSPS) is 13.5. The Morgan fingerprint density at radius 2 is 2.00 bits per heavy atom. The summed E-state index contributed by atoms with van der Waals surface area (Å²) >= 11 is 0. The summed E-state index contributed by atoms with van der Waals surface area (Å²) in [4.78, 5) is 11.8. The monoisotopic (exact) mass is 324 g/mol. The van der Waals surface area contributed by atoms with Gasteiger partial charge in [-0.25, -0.2) is 13.6 Å². The Balaban J connectivity index is 2.01. The van der Waals surface area contributed by atoms with Crippen LogP contribution in [0, 0.1) is 25.5 Å². The van der Waals surface area contributed by atoms with Gasteiger partial charge in [-0.05, 0) is 39.0 Å². The van der Waals surface area contributed by atoms with Crippen LogP contribution in [0.15, 0.2) is 28.7 Å². The van der Waals surface area contributed by atoms with Gasteiger partial charge in [0.25, 0.3) is 0 Å². The minimum Gasteiger partial charge on any atom is -0.466 e. The van der Waals surface area contributed by atoms with Crippen molar-refractivity contribution in [3.8, 4) is 0 Å². The van der Waals surface area contributed by atoms with Gasteiger partial charge in [-0.2, -0.15) is 0 Å². The van der Waals surface area contributed by atoms with Crippen LogP contribution in [0.1, 0.15) is 24.0 Å². The highest BCUT2D eigenvalue weighted by Crippen LogP contribution is 2.26. The number of hydrogen-bond acceptors (Lipinski definition) is 3. The molecule has 2 amide bonds. The molecule has 0 saturated heterocycles. The van der Waals surface area contributed by atoms with Crippen molar-refractivity contribution in [3.05, 3.63) is 53.0 Å². The predicted octanol–water partition coefficient (Wildman–Crippen LogP) is 3.20. The highest BCUT2D eigenvalue weighted by Gasteiger charge is 2.28. The molecule has 0 saturated carbocycles. The number of hydrogen-bond donors (Lipinski definition) is 3. The van der Waals surface area contributed by atoms with Crippen LogP contribution in [0.2, 0.25) is 0 Å². The minimum absolute atomic E-state index is 0.129. The molecule has 0 aliphatic carbocycles. The molecule has 0 aliphatic rings. The van der Waals surface area contributed by atoms with E-state index in [-0.39, 0.29) is 12.2 Å². The van der Waals surface area contributed by atoms with Crippen molar-refractivity contribution in [1.82, 2.24) is 5.32 Å². The van der Waals surface area contributed by atoms with E-state index in [0.717, 1.165) is 18.2 Å². The van der Waals surface area contributed by atoms with Crippen LogP contribution in [-0.4, -0.2) is 17.7 Å². The summed E-state index contributed by atoms with van der Waals surface area (Å²) in [6.07, 6.45) is 0. The molecule has 2 aromatic rings. The summed E-state index contributed by atoms with van der Waals surface area (Å²) in [6, 6.07) is 3.66. The van der Waals surface area contributed by atoms with Gasteiger partial charge in [0.1, 0.15) is 28.8 Å². The summed E-state index contributed by atoms with van der Waals surface area (Å²) in [7, 11) is 0. The summed E-state index contributed by atoms with van der Waals surface area (Å²) in [5.74, 6) is -0.234. The number of urea groups is 1. The van der Waals surface area contributed by atoms with Gasteiger partial charge >= 0.3 is 6.03 Å². The number of benzene rings is 1. The minimum atomic E-state index is -1.36. The fourth-order valence-electron chi connectivity index (χ4n) is 2.27. The van der Waals surface area contributed by atoms with Crippen LogP contribution < -0.4 is 10.6 Å². The van der Waals surface area contributed by atoms with Crippen molar-refractivity contribution in [2.45, 2.75) is 26.4 Å². The third kappa shape index (κ3) is 4.07. The Morgan fingerprint density at radius 3 is 2.61 bits per heavy atom. The molecule has 0 fully saturated rings. The highest BCUT2D eigenvalue weighted by molar-refractivity contribution is 5.89. The molecular formula is C16H18F2N2O3. The van der Waals surface area contributed by atoms with Gasteiger partial charge in [0, 0.05) is 11.6 Å². The van der Waals surface area contributed by atoms with E-state index in [4.69, 9.17) is 4.42 Å². The van der Waals surface area contributed by atoms with Crippen LogP contribution in [0.5, 0.6) is 0 Å². The van der Waals surface area contributed by atoms with Crippen molar-refractivity contribution < 1.29 is 23.1 Å². The Kier molecular flexibility index (Phi) is 4.70. The van der Waals surface area contributed by atoms with Crippen LogP contribution >= 0.6 is 0 Å². The van der Waals surface area contributed by atoms with E-state index in [1.165, 1.54) is 6.92 Å². The Bertz CT molecular complexity index is 726. The first-order valence-corrected chi connectivity index (χ1v) is 6.99. The zero-order valence-corrected chi connectivity index (χ0v) is 13.0. The van der Waals surface area contributed by atoms with E-state index >= 15 is 0 Å². The Morgan fingerprint density at radius 1 is 1.30 bits per heavy atom. The molecule has 2 rings (SSSR count).